The normalized spacial score (nSPS) is 18.5. The number of carbonyl (C=O) groups excluding carboxylic acids is 1. The van der Waals surface area contributed by atoms with Crippen LogP contribution in [0.1, 0.15) is 29.0 Å². The largest absolute Gasteiger partial charge is 0.378 e. The molecule has 1 saturated heterocycles. The number of hydrogen-bond acceptors (Lipinski definition) is 5. The van der Waals surface area contributed by atoms with Crippen LogP contribution < -0.4 is 5.73 Å². The number of nitrogens with zero attached hydrogens (tertiary/aromatic N) is 2. The highest BCUT2D eigenvalue weighted by Gasteiger charge is 2.24. The van der Waals surface area contributed by atoms with Crippen molar-refractivity contribution in [3.63, 3.8) is 0 Å². The monoisotopic (exact) mass is 225 g/mol. The molecule has 6 heteroatoms. The average Bonchev–Trinajstić information content (AvgIpc) is 2.78. The summed E-state index contributed by atoms with van der Waals surface area (Å²) in [6.45, 7) is 4.12. The molecular formula is C10H15N3O3. The van der Waals surface area contributed by atoms with Crippen LogP contribution in [-0.4, -0.2) is 42.3 Å². The predicted octanol–water partition coefficient (Wildman–Crippen LogP) is 0.167. The number of aromatic nitrogens is 1. The van der Waals surface area contributed by atoms with Crippen LogP contribution in [0, 0.1) is 0 Å². The molecule has 2 heterocycles. The zero-order chi connectivity index (χ0) is 11.5. The molecule has 0 aromatic carbocycles. The summed E-state index contributed by atoms with van der Waals surface area (Å²) >= 11 is 0. The van der Waals surface area contributed by atoms with Gasteiger partial charge in [0.05, 0.1) is 13.2 Å². The zero-order valence-electron chi connectivity index (χ0n) is 9.18. The van der Waals surface area contributed by atoms with Gasteiger partial charge in [0.1, 0.15) is 17.5 Å². The Morgan fingerprint density at radius 3 is 2.88 bits per heavy atom. The van der Waals surface area contributed by atoms with Crippen LogP contribution in [0.25, 0.3) is 0 Å². The van der Waals surface area contributed by atoms with Crippen LogP contribution in [0.3, 0.4) is 0 Å². The summed E-state index contributed by atoms with van der Waals surface area (Å²) in [4.78, 5) is 13.8. The standard InChI is InChI=1S/C10H15N3O3/c1-7(11)9-8(6-16-12-9)10(14)13-2-4-15-5-3-13/h6-7H,2-5,11H2,1H3/t7-/m1/s1. The first-order valence-electron chi connectivity index (χ1n) is 5.27. The Balaban J connectivity index is 2.16. The van der Waals surface area contributed by atoms with Crippen molar-refractivity contribution in [3.05, 3.63) is 17.5 Å². The van der Waals surface area contributed by atoms with E-state index in [9.17, 15) is 4.79 Å². The molecule has 1 fully saturated rings. The Morgan fingerprint density at radius 2 is 2.25 bits per heavy atom. The van der Waals surface area contributed by atoms with E-state index in [4.69, 9.17) is 15.0 Å². The third-order valence-corrected chi connectivity index (χ3v) is 2.56. The van der Waals surface area contributed by atoms with E-state index in [-0.39, 0.29) is 11.9 Å². The molecule has 0 bridgehead atoms. The van der Waals surface area contributed by atoms with Crippen LogP contribution in [-0.2, 0) is 4.74 Å². The molecule has 16 heavy (non-hydrogen) atoms. The second-order valence-electron chi connectivity index (χ2n) is 3.81. The predicted molar refractivity (Wildman–Crippen MR) is 55.8 cm³/mol. The van der Waals surface area contributed by atoms with Gasteiger partial charge in [0.25, 0.3) is 5.91 Å². The van der Waals surface area contributed by atoms with E-state index in [1.54, 1.807) is 11.8 Å². The quantitative estimate of drug-likeness (QED) is 0.775. The molecule has 2 rings (SSSR count). The van der Waals surface area contributed by atoms with Crippen molar-refractivity contribution in [1.82, 2.24) is 10.1 Å². The lowest BCUT2D eigenvalue weighted by Gasteiger charge is -2.26. The number of carbonyl (C=O) groups is 1. The van der Waals surface area contributed by atoms with Gasteiger partial charge in [0.15, 0.2) is 0 Å². The molecular weight excluding hydrogens is 210 g/mol. The molecule has 1 atom stereocenters. The van der Waals surface area contributed by atoms with Gasteiger partial charge in [0.2, 0.25) is 0 Å². The smallest absolute Gasteiger partial charge is 0.259 e. The highest BCUT2D eigenvalue weighted by atomic mass is 16.5. The van der Waals surface area contributed by atoms with Gasteiger partial charge in [-0.05, 0) is 6.92 Å². The van der Waals surface area contributed by atoms with Gasteiger partial charge < -0.3 is 19.9 Å². The maximum absolute atomic E-state index is 12.1. The first-order valence-corrected chi connectivity index (χ1v) is 5.27. The Kier molecular flexibility index (Phi) is 3.21. The molecule has 0 unspecified atom stereocenters. The van der Waals surface area contributed by atoms with Gasteiger partial charge in [-0.25, -0.2) is 0 Å². The van der Waals surface area contributed by atoms with Crippen molar-refractivity contribution in [3.8, 4) is 0 Å². The minimum atomic E-state index is -0.307. The van der Waals surface area contributed by atoms with E-state index >= 15 is 0 Å². The van der Waals surface area contributed by atoms with Crippen LogP contribution in [0.5, 0.6) is 0 Å². The molecule has 0 spiro atoms. The fourth-order valence-electron chi connectivity index (χ4n) is 1.67. The summed E-state index contributed by atoms with van der Waals surface area (Å²) in [5.41, 5.74) is 6.67. The molecule has 1 aromatic heterocycles. The van der Waals surface area contributed by atoms with Crippen molar-refractivity contribution in [2.45, 2.75) is 13.0 Å². The minimum Gasteiger partial charge on any atom is -0.378 e. The fourth-order valence-corrected chi connectivity index (χ4v) is 1.67. The van der Waals surface area contributed by atoms with Gasteiger partial charge in [0, 0.05) is 19.1 Å². The molecule has 1 aliphatic heterocycles. The van der Waals surface area contributed by atoms with Crippen LogP contribution >= 0.6 is 0 Å². The lowest BCUT2D eigenvalue weighted by atomic mass is 10.1. The van der Waals surface area contributed by atoms with Gasteiger partial charge in [-0.2, -0.15) is 0 Å². The maximum Gasteiger partial charge on any atom is 0.259 e. The SMILES string of the molecule is C[C@@H](N)c1nocc1C(=O)N1CCOCC1. The van der Waals surface area contributed by atoms with Gasteiger partial charge in [-0.15, -0.1) is 0 Å². The van der Waals surface area contributed by atoms with Crippen molar-refractivity contribution in [1.29, 1.82) is 0 Å². The summed E-state index contributed by atoms with van der Waals surface area (Å²) in [6, 6.07) is -0.307. The second kappa shape index (κ2) is 4.63. The van der Waals surface area contributed by atoms with Gasteiger partial charge in [-0.3, -0.25) is 4.79 Å². The summed E-state index contributed by atoms with van der Waals surface area (Å²) < 4.78 is 10.00. The molecule has 0 saturated carbocycles. The number of nitrogens with two attached hydrogens (primary N) is 1. The molecule has 1 amide bonds. The average molecular weight is 225 g/mol. The molecule has 1 aromatic rings. The first-order chi connectivity index (χ1) is 7.70. The third-order valence-electron chi connectivity index (χ3n) is 2.56. The van der Waals surface area contributed by atoms with Crippen molar-refractivity contribution in [2.24, 2.45) is 5.73 Å². The van der Waals surface area contributed by atoms with Gasteiger partial charge in [-0.1, -0.05) is 5.16 Å². The van der Waals surface area contributed by atoms with E-state index in [0.29, 0.717) is 37.6 Å². The molecule has 2 N–H and O–H groups in total. The van der Waals surface area contributed by atoms with Crippen LogP contribution in [0.4, 0.5) is 0 Å². The van der Waals surface area contributed by atoms with E-state index in [1.165, 1.54) is 6.26 Å². The van der Waals surface area contributed by atoms with Crippen molar-refractivity contribution in [2.75, 3.05) is 26.3 Å². The molecule has 0 aliphatic carbocycles. The fraction of sp³-hybridized carbons (Fsp3) is 0.600. The van der Waals surface area contributed by atoms with E-state index < -0.39 is 0 Å². The van der Waals surface area contributed by atoms with E-state index in [2.05, 4.69) is 5.16 Å². The highest BCUT2D eigenvalue weighted by molar-refractivity contribution is 5.95. The van der Waals surface area contributed by atoms with Crippen molar-refractivity contribution >= 4 is 5.91 Å². The number of rotatable bonds is 2. The summed E-state index contributed by atoms with van der Waals surface area (Å²) in [6.07, 6.45) is 1.36. The lowest BCUT2D eigenvalue weighted by molar-refractivity contribution is 0.0301. The Labute approximate surface area is 93.3 Å². The van der Waals surface area contributed by atoms with Crippen molar-refractivity contribution < 1.29 is 14.1 Å². The van der Waals surface area contributed by atoms with E-state index in [1.807, 2.05) is 0 Å². The second-order valence-corrected chi connectivity index (χ2v) is 3.81. The Morgan fingerprint density at radius 1 is 1.56 bits per heavy atom. The Hall–Kier alpha value is -1.40. The third kappa shape index (κ3) is 2.07. The molecule has 0 radical (unpaired) electrons. The molecule has 6 nitrogen and oxygen atoms in total. The number of ether oxygens (including phenoxy) is 1. The number of amides is 1. The summed E-state index contributed by atoms with van der Waals surface area (Å²) in [5.74, 6) is -0.0862. The number of morpholine rings is 1. The van der Waals surface area contributed by atoms with E-state index in [0.717, 1.165) is 0 Å². The summed E-state index contributed by atoms with van der Waals surface area (Å²) in [7, 11) is 0. The molecule has 1 aliphatic rings. The topological polar surface area (TPSA) is 81.6 Å². The maximum atomic E-state index is 12.1. The van der Waals surface area contributed by atoms with Crippen LogP contribution in [0.15, 0.2) is 10.8 Å². The van der Waals surface area contributed by atoms with Gasteiger partial charge >= 0.3 is 0 Å². The summed E-state index contributed by atoms with van der Waals surface area (Å²) in [5, 5.41) is 3.75. The first kappa shape index (κ1) is 11.1. The zero-order valence-corrected chi connectivity index (χ0v) is 9.18. The highest BCUT2D eigenvalue weighted by Crippen LogP contribution is 2.16. The minimum absolute atomic E-state index is 0.0862. The number of hydrogen-bond donors (Lipinski definition) is 1. The lowest BCUT2D eigenvalue weighted by Crippen LogP contribution is -2.41. The Bertz CT molecular complexity index is 369. The molecule has 88 valence electrons. The van der Waals surface area contributed by atoms with Crippen LogP contribution in [0.2, 0.25) is 0 Å².